The standard InChI is InChI=1S/C16H22F2N2O3/c1-20(15(21)11-4-3-5-12(11)19)9-10-6-7-13(22-2)14(8-10)23-16(17)18/h6-8,11-12,16H,3-5,9,19H2,1-2H3/t11-,12+/m1/s1. The molecule has 23 heavy (non-hydrogen) atoms. The van der Waals surface area contributed by atoms with Gasteiger partial charge in [-0.05, 0) is 30.5 Å². The number of hydrogen-bond donors (Lipinski definition) is 1. The molecule has 0 spiro atoms. The lowest BCUT2D eigenvalue weighted by atomic mass is 10.0. The zero-order chi connectivity index (χ0) is 17.0. The first kappa shape index (κ1) is 17.5. The van der Waals surface area contributed by atoms with Crippen LogP contribution >= 0.6 is 0 Å². The minimum atomic E-state index is -2.94. The van der Waals surface area contributed by atoms with Crippen molar-refractivity contribution in [3.8, 4) is 11.5 Å². The fourth-order valence-corrected chi connectivity index (χ4v) is 2.94. The second-order valence-corrected chi connectivity index (χ2v) is 5.76. The third kappa shape index (κ3) is 4.31. The summed E-state index contributed by atoms with van der Waals surface area (Å²) in [6.45, 7) is -2.64. The van der Waals surface area contributed by atoms with Crippen molar-refractivity contribution in [2.24, 2.45) is 11.7 Å². The lowest BCUT2D eigenvalue weighted by Gasteiger charge is -2.24. The van der Waals surface area contributed by atoms with Gasteiger partial charge in [-0.15, -0.1) is 0 Å². The highest BCUT2D eigenvalue weighted by Crippen LogP contribution is 2.30. The molecule has 1 aliphatic rings. The number of hydrogen-bond acceptors (Lipinski definition) is 4. The first-order valence-electron chi connectivity index (χ1n) is 7.54. The molecule has 2 atom stereocenters. The Morgan fingerprint density at radius 2 is 2.13 bits per heavy atom. The molecule has 0 unspecified atom stereocenters. The maximum Gasteiger partial charge on any atom is 0.387 e. The van der Waals surface area contributed by atoms with Crippen LogP contribution in [0.2, 0.25) is 0 Å². The number of amides is 1. The predicted octanol–water partition coefficient (Wildman–Crippen LogP) is 2.38. The molecule has 1 aromatic rings. The molecule has 0 radical (unpaired) electrons. The van der Waals surface area contributed by atoms with Crippen LogP contribution in [0.25, 0.3) is 0 Å². The van der Waals surface area contributed by atoms with E-state index < -0.39 is 6.61 Å². The molecule has 1 aliphatic carbocycles. The Morgan fingerprint density at radius 1 is 1.39 bits per heavy atom. The van der Waals surface area contributed by atoms with E-state index in [-0.39, 0.29) is 29.4 Å². The number of rotatable bonds is 6. The first-order valence-corrected chi connectivity index (χ1v) is 7.54. The molecule has 1 amide bonds. The number of alkyl halides is 2. The van der Waals surface area contributed by atoms with Gasteiger partial charge in [0.25, 0.3) is 0 Å². The van der Waals surface area contributed by atoms with E-state index in [4.69, 9.17) is 10.5 Å². The maximum atomic E-state index is 12.5. The second-order valence-electron chi connectivity index (χ2n) is 5.76. The van der Waals surface area contributed by atoms with Crippen LogP contribution in [-0.2, 0) is 11.3 Å². The Bertz CT molecular complexity index is 554. The number of benzene rings is 1. The predicted molar refractivity (Wildman–Crippen MR) is 81.4 cm³/mol. The van der Waals surface area contributed by atoms with E-state index in [1.54, 1.807) is 24.1 Å². The van der Waals surface area contributed by atoms with Crippen molar-refractivity contribution in [1.82, 2.24) is 4.90 Å². The number of nitrogens with zero attached hydrogens (tertiary/aromatic N) is 1. The molecule has 2 N–H and O–H groups in total. The van der Waals surface area contributed by atoms with Crippen molar-refractivity contribution in [3.05, 3.63) is 23.8 Å². The molecular formula is C16H22F2N2O3. The van der Waals surface area contributed by atoms with E-state index in [9.17, 15) is 13.6 Å². The fraction of sp³-hybridized carbons (Fsp3) is 0.562. The number of carbonyl (C=O) groups excluding carboxylic acids is 1. The molecule has 0 heterocycles. The minimum absolute atomic E-state index is 0.0119. The molecule has 1 saturated carbocycles. The monoisotopic (exact) mass is 328 g/mol. The SMILES string of the molecule is COc1ccc(CN(C)C(=O)[C@@H]2CCC[C@@H]2N)cc1OC(F)F. The van der Waals surface area contributed by atoms with E-state index in [0.29, 0.717) is 12.1 Å². The molecule has 0 aliphatic heterocycles. The summed E-state index contributed by atoms with van der Waals surface area (Å²) in [4.78, 5) is 14.0. The largest absolute Gasteiger partial charge is 0.493 e. The van der Waals surface area contributed by atoms with Gasteiger partial charge in [-0.3, -0.25) is 4.79 Å². The summed E-state index contributed by atoms with van der Waals surface area (Å²) in [7, 11) is 3.07. The summed E-state index contributed by atoms with van der Waals surface area (Å²) >= 11 is 0. The van der Waals surface area contributed by atoms with Gasteiger partial charge in [0, 0.05) is 19.6 Å². The van der Waals surface area contributed by atoms with E-state index in [2.05, 4.69) is 4.74 Å². The first-order chi connectivity index (χ1) is 10.9. The average molecular weight is 328 g/mol. The quantitative estimate of drug-likeness (QED) is 0.871. The highest BCUT2D eigenvalue weighted by Gasteiger charge is 2.32. The average Bonchev–Trinajstić information content (AvgIpc) is 2.92. The summed E-state index contributed by atoms with van der Waals surface area (Å²) in [6, 6.07) is 4.63. The van der Waals surface area contributed by atoms with Crippen molar-refractivity contribution in [3.63, 3.8) is 0 Å². The van der Waals surface area contributed by atoms with Crippen LogP contribution in [0.1, 0.15) is 24.8 Å². The molecule has 0 saturated heterocycles. The summed E-state index contributed by atoms with van der Waals surface area (Å²) < 4.78 is 34.3. The Hall–Kier alpha value is -1.89. The van der Waals surface area contributed by atoms with E-state index >= 15 is 0 Å². The molecule has 7 heteroatoms. The zero-order valence-corrected chi connectivity index (χ0v) is 13.3. The van der Waals surface area contributed by atoms with Crippen LogP contribution in [0, 0.1) is 5.92 Å². The third-order valence-corrected chi connectivity index (χ3v) is 4.13. The van der Waals surface area contributed by atoms with Gasteiger partial charge in [0.2, 0.25) is 5.91 Å². The van der Waals surface area contributed by atoms with Crippen LogP contribution in [0.5, 0.6) is 11.5 Å². The molecule has 1 fully saturated rings. The van der Waals surface area contributed by atoms with Crippen LogP contribution < -0.4 is 15.2 Å². The minimum Gasteiger partial charge on any atom is -0.493 e. The molecule has 2 rings (SSSR count). The molecular weight excluding hydrogens is 306 g/mol. The lowest BCUT2D eigenvalue weighted by Crippen LogP contribution is -2.39. The van der Waals surface area contributed by atoms with Gasteiger partial charge in [0.1, 0.15) is 0 Å². The summed E-state index contributed by atoms with van der Waals surface area (Å²) in [6.07, 6.45) is 2.62. The van der Waals surface area contributed by atoms with E-state index in [1.165, 1.54) is 13.2 Å². The second kappa shape index (κ2) is 7.59. The van der Waals surface area contributed by atoms with Crippen molar-refractivity contribution in [1.29, 1.82) is 0 Å². The Labute approximate surface area is 134 Å². The van der Waals surface area contributed by atoms with Crippen LogP contribution in [0.15, 0.2) is 18.2 Å². The lowest BCUT2D eigenvalue weighted by molar-refractivity contribution is -0.134. The van der Waals surface area contributed by atoms with Gasteiger partial charge in [0.05, 0.1) is 13.0 Å². The van der Waals surface area contributed by atoms with Crippen LogP contribution in [0.3, 0.4) is 0 Å². The summed E-state index contributed by atoms with van der Waals surface area (Å²) in [5.74, 6) is 0.0106. The highest BCUT2D eigenvalue weighted by atomic mass is 19.3. The number of carbonyl (C=O) groups is 1. The van der Waals surface area contributed by atoms with Gasteiger partial charge in [0.15, 0.2) is 11.5 Å². The van der Waals surface area contributed by atoms with Gasteiger partial charge < -0.3 is 20.1 Å². The van der Waals surface area contributed by atoms with Crippen molar-refractivity contribution < 1.29 is 23.0 Å². The molecule has 1 aromatic carbocycles. The van der Waals surface area contributed by atoms with E-state index in [1.807, 2.05) is 0 Å². The van der Waals surface area contributed by atoms with E-state index in [0.717, 1.165) is 19.3 Å². The van der Waals surface area contributed by atoms with Crippen molar-refractivity contribution in [2.75, 3.05) is 14.2 Å². The van der Waals surface area contributed by atoms with Gasteiger partial charge >= 0.3 is 6.61 Å². The maximum absolute atomic E-state index is 12.5. The normalized spacial score (nSPS) is 20.6. The molecule has 0 aromatic heterocycles. The van der Waals surface area contributed by atoms with Gasteiger partial charge in [-0.1, -0.05) is 12.5 Å². The summed E-state index contributed by atoms with van der Waals surface area (Å²) in [5.41, 5.74) is 6.64. The van der Waals surface area contributed by atoms with Gasteiger partial charge in [-0.25, -0.2) is 0 Å². The number of methoxy groups -OCH3 is 1. The van der Waals surface area contributed by atoms with Crippen molar-refractivity contribution >= 4 is 5.91 Å². The molecule has 0 bridgehead atoms. The highest BCUT2D eigenvalue weighted by molar-refractivity contribution is 5.79. The number of halogens is 2. The number of ether oxygens (including phenoxy) is 2. The Morgan fingerprint density at radius 3 is 2.70 bits per heavy atom. The topological polar surface area (TPSA) is 64.8 Å². The third-order valence-electron chi connectivity index (χ3n) is 4.13. The number of nitrogens with two attached hydrogens (primary N) is 1. The molecule has 128 valence electrons. The molecule has 5 nitrogen and oxygen atoms in total. The zero-order valence-electron chi connectivity index (χ0n) is 13.3. The van der Waals surface area contributed by atoms with Crippen molar-refractivity contribution in [2.45, 2.75) is 38.5 Å². The smallest absolute Gasteiger partial charge is 0.387 e. The Kier molecular flexibility index (Phi) is 5.76. The van der Waals surface area contributed by atoms with Gasteiger partial charge in [-0.2, -0.15) is 8.78 Å². The van der Waals surface area contributed by atoms with Crippen LogP contribution in [-0.4, -0.2) is 37.6 Å². The fourth-order valence-electron chi connectivity index (χ4n) is 2.94. The summed E-state index contributed by atoms with van der Waals surface area (Å²) in [5, 5.41) is 0. The van der Waals surface area contributed by atoms with Crippen LogP contribution in [0.4, 0.5) is 8.78 Å². The Balaban J connectivity index is 2.08.